The number of likely N-dealkylation sites (tertiary alicyclic amines) is 1. The summed E-state index contributed by atoms with van der Waals surface area (Å²) in [6.07, 6.45) is 2.32. The lowest BCUT2D eigenvalue weighted by Gasteiger charge is -2.46. The fourth-order valence-electron chi connectivity index (χ4n) is 3.49. The molecule has 2 fully saturated rings. The van der Waals surface area contributed by atoms with E-state index in [2.05, 4.69) is 0 Å². The van der Waals surface area contributed by atoms with E-state index in [1.54, 1.807) is 4.90 Å². The second-order valence-electron chi connectivity index (χ2n) is 6.21. The van der Waals surface area contributed by atoms with Gasteiger partial charge in [0.05, 0.1) is 24.4 Å². The molecule has 1 unspecified atom stereocenters. The molecule has 23 heavy (non-hydrogen) atoms. The number of carbonyl (C=O) groups is 1. The molecule has 2 saturated heterocycles. The first kappa shape index (κ1) is 16.2. The Kier molecular flexibility index (Phi) is 4.55. The minimum atomic E-state index is -0.527. The van der Waals surface area contributed by atoms with Gasteiger partial charge in [0.1, 0.15) is 11.6 Å². The predicted molar refractivity (Wildman–Crippen MR) is 82.0 cm³/mol. The van der Waals surface area contributed by atoms with Gasteiger partial charge in [-0.3, -0.25) is 4.79 Å². The zero-order chi connectivity index (χ0) is 16.4. The summed E-state index contributed by atoms with van der Waals surface area (Å²) in [7, 11) is 1.46. The molecular weight excluding hydrogens is 301 g/mol. The molecule has 126 valence electrons. The van der Waals surface area contributed by atoms with Gasteiger partial charge in [-0.25, -0.2) is 4.39 Å². The first-order chi connectivity index (χ1) is 11.1. The summed E-state index contributed by atoms with van der Waals surface area (Å²) in [5, 5.41) is 10.2. The molecule has 1 atom stereocenters. The van der Waals surface area contributed by atoms with Crippen LogP contribution in [0.5, 0.6) is 5.75 Å². The molecule has 0 aliphatic carbocycles. The molecule has 3 rings (SSSR count). The van der Waals surface area contributed by atoms with Crippen LogP contribution in [0.2, 0.25) is 0 Å². The number of methoxy groups -OCH3 is 1. The lowest BCUT2D eigenvalue weighted by Crippen LogP contribution is -2.56. The molecule has 1 aromatic carbocycles. The Morgan fingerprint density at radius 3 is 2.83 bits per heavy atom. The normalized spacial score (nSPS) is 23.8. The van der Waals surface area contributed by atoms with Crippen LogP contribution in [0.15, 0.2) is 18.2 Å². The maximum atomic E-state index is 13.5. The van der Waals surface area contributed by atoms with Gasteiger partial charge in [-0.15, -0.1) is 0 Å². The number of halogens is 1. The summed E-state index contributed by atoms with van der Waals surface area (Å²) >= 11 is 0. The number of nitrogens with zero attached hydrogens (tertiary/aromatic N) is 1. The molecule has 0 bridgehead atoms. The Morgan fingerprint density at radius 2 is 2.17 bits per heavy atom. The van der Waals surface area contributed by atoms with Crippen molar-refractivity contribution in [2.24, 2.45) is 0 Å². The largest absolute Gasteiger partial charge is 0.496 e. The van der Waals surface area contributed by atoms with Crippen LogP contribution in [-0.4, -0.2) is 54.4 Å². The van der Waals surface area contributed by atoms with Crippen molar-refractivity contribution in [3.63, 3.8) is 0 Å². The van der Waals surface area contributed by atoms with Crippen LogP contribution in [0.4, 0.5) is 4.39 Å². The quantitative estimate of drug-likeness (QED) is 0.904. The van der Waals surface area contributed by atoms with Gasteiger partial charge in [0.15, 0.2) is 0 Å². The Labute approximate surface area is 135 Å². The van der Waals surface area contributed by atoms with Crippen molar-refractivity contribution in [3.05, 3.63) is 29.6 Å². The number of rotatable bonds is 2. The van der Waals surface area contributed by atoms with Gasteiger partial charge < -0.3 is 19.5 Å². The number of ether oxygens (including phenoxy) is 2. The number of amides is 1. The number of benzene rings is 1. The number of carbonyl (C=O) groups excluding carboxylic acids is 1. The van der Waals surface area contributed by atoms with Gasteiger partial charge in [0.2, 0.25) is 0 Å². The van der Waals surface area contributed by atoms with Crippen LogP contribution in [0, 0.1) is 5.82 Å². The van der Waals surface area contributed by atoms with Crippen molar-refractivity contribution in [1.82, 2.24) is 4.90 Å². The fraction of sp³-hybridized carbons (Fsp3) is 0.588. The van der Waals surface area contributed by atoms with E-state index >= 15 is 0 Å². The second-order valence-corrected chi connectivity index (χ2v) is 6.21. The third-order valence-electron chi connectivity index (χ3n) is 4.91. The molecule has 0 aromatic heterocycles. The van der Waals surface area contributed by atoms with Gasteiger partial charge >= 0.3 is 0 Å². The van der Waals surface area contributed by atoms with Gasteiger partial charge in [-0.2, -0.15) is 0 Å². The van der Waals surface area contributed by atoms with Crippen molar-refractivity contribution in [1.29, 1.82) is 0 Å². The number of hydrogen-bond donors (Lipinski definition) is 1. The highest BCUT2D eigenvalue weighted by Crippen LogP contribution is 2.36. The molecule has 2 heterocycles. The average Bonchev–Trinajstić information content (AvgIpc) is 2.58. The Balaban J connectivity index is 1.72. The lowest BCUT2D eigenvalue weighted by atomic mass is 9.82. The monoisotopic (exact) mass is 323 g/mol. The molecular formula is C17H22FNO4. The van der Waals surface area contributed by atoms with Crippen molar-refractivity contribution in [3.8, 4) is 5.75 Å². The number of aliphatic hydroxyl groups is 1. The highest BCUT2D eigenvalue weighted by Gasteiger charge is 2.44. The lowest BCUT2D eigenvalue weighted by molar-refractivity contribution is -0.174. The van der Waals surface area contributed by atoms with Crippen LogP contribution < -0.4 is 4.74 Å². The predicted octanol–water partition coefficient (Wildman–Crippen LogP) is 1.98. The maximum Gasteiger partial charge on any atom is 0.257 e. The summed E-state index contributed by atoms with van der Waals surface area (Å²) in [6.45, 7) is 1.62. The molecule has 1 N–H and O–H groups in total. The van der Waals surface area contributed by atoms with E-state index in [1.807, 2.05) is 0 Å². The van der Waals surface area contributed by atoms with Crippen LogP contribution >= 0.6 is 0 Å². The topological polar surface area (TPSA) is 59.0 Å². The SMILES string of the molecule is COc1ccc(F)cc1C(=O)N1CCC2(CC1)OCCCC2O. The third-order valence-corrected chi connectivity index (χ3v) is 4.91. The molecule has 0 radical (unpaired) electrons. The number of aliphatic hydroxyl groups excluding tert-OH is 1. The van der Waals surface area contributed by atoms with Crippen molar-refractivity contribution < 1.29 is 23.8 Å². The molecule has 0 saturated carbocycles. The second kappa shape index (κ2) is 6.45. The van der Waals surface area contributed by atoms with E-state index in [0.717, 1.165) is 12.8 Å². The Morgan fingerprint density at radius 1 is 1.43 bits per heavy atom. The van der Waals surface area contributed by atoms with Crippen LogP contribution in [0.1, 0.15) is 36.0 Å². The zero-order valence-corrected chi connectivity index (χ0v) is 13.3. The Bertz CT molecular complexity index is 584. The van der Waals surface area contributed by atoms with E-state index < -0.39 is 17.5 Å². The van der Waals surface area contributed by atoms with E-state index in [9.17, 15) is 14.3 Å². The molecule has 5 nitrogen and oxygen atoms in total. The molecule has 2 aliphatic rings. The van der Waals surface area contributed by atoms with Crippen molar-refractivity contribution >= 4 is 5.91 Å². The highest BCUT2D eigenvalue weighted by molar-refractivity contribution is 5.97. The smallest absolute Gasteiger partial charge is 0.257 e. The van der Waals surface area contributed by atoms with Crippen LogP contribution in [-0.2, 0) is 4.74 Å². The zero-order valence-electron chi connectivity index (χ0n) is 13.3. The summed E-state index contributed by atoms with van der Waals surface area (Å²) in [5.41, 5.74) is -0.297. The minimum absolute atomic E-state index is 0.230. The van der Waals surface area contributed by atoms with Crippen molar-refractivity contribution in [2.45, 2.75) is 37.4 Å². The Hall–Kier alpha value is -1.66. The first-order valence-corrected chi connectivity index (χ1v) is 8.00. The summed E-state index contributed by atoms with van der Waals surface area (Å²) < 4.78 is 24.5. The average molecular weight is 323 g/mol. The van der Waals surface area contributed by atoms with Gasteiger partial charge in [0, 0.05) is 19.7 Å². The highest BCUT2D eigenvalue weighted by atomic mass is 19.1. The van der Waals surface area contributed by atoms with Crippen molar-refractivity contribution in [2.75, 3.05) is 26.8 Å². The molecule has 1 aromatic rings. The molecule has 2 aliphatic heterocycles. The number of piperidine rings is 1. The van der Waals surface area contributed by atoms with E-state index in [-0.39, 0.29) is 11.5 Å². The summed E-state index contributed by atoms with van der Waals surface area (Å²) in [6, 6.07) is 3.94. The maximum absolute atomic E-state index is 13.5. The summed E-state index contributed by atoms with van der Waals surface area (Å²) in [4.78, 5) is 14.3. The molecule has 6 heteroatoms. The van der Waals surface area contributed by atoms with Gasteiger partial charge in [-0.05, 0) is 43.9 Å². The number of hydrogen-bond acceptors (Lipinski definition) is 4. The first-order valence-electron chi connectivity index (χ1n) is 8.00. The standard InChI is InChI=1S/C17H22FNO4/c1-22-14-5-4-12(18)11-13(14)16(21)19-8-6-17(7-9-19)15(20)3-2-10-23-17/h4-5,11,15,20H,2-3,6-10H2,1H3. The van der Waals surface area contributed by atoms with Gasteiger partial charge in [0.25, 0.3) is 5.91 Å². The van der Waals surface area contributed by atoms with E-state index in [1.165, 1.54) is 25.3 Å². The minimum Gasteiger partial charge on any atom is -0.496 e. The fourth-order valence-corrected chi connectivity index (χ4v) is 3.49. The molecule has 1 spiro atoms. The molecule has 1 amide bonds. The summed E-state index contributed by atoms with van der Waals surface area (Å²) in [5.74, 6) is -0.346. The van der Waals surface area contributed by atoms with E-state index in [0.29, 0.717) is 38.3 Å². The van der Waals surface area contributed by atoms with E-state index in [4.69, 9.17) is 9.47 Å². The van der Waals surface area contributed by atoms with Gasteiger partial charge in [-0.1, -0.05) is 0 Å². The third kappa shape index (κ3) is 3.05. The van der Waals surface area contributed by atoms with Crippen LogP contribution in [0.3, 0.4) is 0 Å². The van der Waals surface area contributed by atoms with Crippen LogP contribution in [0.25, 0.3) is 0 Å².